The van der Waals surface area contributed by atoms with Gasteiger partial charge in [-0.05, 0) is 57.1 Å². The summed E-state index contributed by atoms with van der Waals surface area (Å²) in [5, 5.41) is 8.98. The summed E-state index contributed by atoms with van der Waals surface area (Å²) >= 11 is 0. The first kappa shape index (κ1) is 14.1. The molecule has 2 rings (SSSR count). The van der Waals surface area contributed by atoms with Crippen molar-refractivity contribution in [3.8, 4) is 6.07 Å². The highest BCUT2D eigenvalue weighted by Gasteiger charge is 2.19. The second-order valence-corrected chi connectivity index (χ2v) is 6.43. The zero-order valence-electron chi connectivity index (χ0n) is 12.2. The number of rotatable bonds is 5. The molecule has 0 aliphatic heterocycles. The Labute approximate surface area is 116 Å². The quantitative estimate of drug-likeness (QED) is 0.822. The van der Waals surface area contributed by atoms with Crippen LogP contribution in [0.5, 0.6) is 0 Å². The molecule has 19 heavy (non-hydrogen) atoms. The molecule has 1 heterocycles. The van der Waals surface area contributed by atoms with Crippen LogP contribution in [0.2, 0.25) is 0 Å². The molecule has 2 N–H and O–H groups in total. The van der Waals surface area contributed by atoms with Gasteiger partial charge in [0.1, 0.15) is 0 Å². The van der Waals surface area contributed by atoms with Crippen LogP contribution in [0.15, 0.2) is 12.4 Å². The van der Waals surface area contributed by atoms with Crippen LogP contribution < -0.4 is 5.73 Å². The summed E-state index contributed by atoms with van der Waals surface area (Å²) in [4.78, 5) is 0. The van der Waals surface area contributed by atoms with Crippen molar-refractivity contribution in [2.45, 2.75) is 65.0 Å². The molecule has 0 aromatic carbocycles. The number of nitrogens with two attached hydrogens (primary N) is 1. The lowest BCUT2D eigenvalue weighted by Gasteiger charge is -2.17. The molecule has 3 nitrogen and oxygen atoms in total. The molecule has 1 aliphatic carbocycles. The Balaban J connectivity index is 1.83. The van der Waals surface area contributed by atoms with E-state index in [0.717, 1.165) is 32.2 Å². The highest BCUT2D eigenvalue weighted by atomic mass is 14.9. The summed E-state index contributed by atoms with van der Waals surface area (Å²) in [5.74, 6) is 0. The van der Waals surface area contributed by atoms with Crippen molar-refractivity contribution in [1.82, 2.24) is 4.57 Å². The van der Waals surface area contributed by atoms with Gasteiger partial charge in [0.15, 0.2) is 0 Å². The van der Waals surface area contributed by atoms with E-state index in [1.165, 1.54) is 24.0 Å². The highest BCUT2D eigenvalue weighted by molar-refractivity contribution is 5.29. The molecule has 0 radical (unpaired) electrons. The minimum absolute atomic E-state index is 0.182. The van der Waals surface area contributed by atoms with E-state index in [4.69, 9.17) is 11.0 Å². The molecule has 1 aliphatic rings. The average Bonchev–Trinajstić information content (AvgIpc) is 2.79. The van der Waals surface area contributed by atoms with Crippen molar-refractivity contribution in [1.29, 1.82) is 5.26 Å². The van der Waals surface area contributed by atoms with Crippen LogP contribution in [0.1, 0.15) is 63.1 Å². The van der Waals surface area contributed by atoms with E-state index in [1.807, 2.05) is 13.8 Å². The number of fused-ring (bicyclic) bond motifs is 1. The number of nitriles is 1. The molecular weight excluding hydrogens is 234 g/mol. The Morgan fingerprint density at radius 2 is 2.21 bits per heavy atom. The van der Waals surface area contributed by atoms with Crippen LogP contribution in [-0.2, 0) is 13.0 Å². The van der Waals surface area contributed by atoms with E-state index in [-0.39, 0.29) is 11.5 Å². The van der Waals surface area contributed by atoms with E-state index in [9.17, 15) is 0 Å². The monoisotopic (exact) mass is 259 g/mol. The third-order valence-electron chi connectivity index (χ3n) is 4.13. The zero-order valence-corrected chi connectivity index (χ0v) is 12.2. The molecule has 1 unspecified atom stereocenters. The standard InChI is InChI=1S/C16H25N3/c1-16(2,12-17)8-3-4-9-19-10-13-6-5-7-15(18)14(13)11-19/h10-11,15H,3-9,18H2,1-2H3. The van der Waals surface area contributed by atoms with Crippen molar-refractivity contribution < 1.29 is 0 Å². The molecule has 0 fully saturated rings. The third kappa shape index (κ3) is 3.61. The van der Waals surface area contributed by atoms with E-state index >= 15 is 0 Å². The predicted molar refractivity (Wildman–Crippen MR) is 77.5 cm³/mol. The van der Waals surface area contributed by atoms with Crippen LogP contribution in [0.4, 0.5) is 0 Å². The molecule has 0 bridgehead atoms. The van der Waals surface area contributed by atoms with Gasteiger partial charge < -0.3 is 10.3 Å². The number of aromatic nitrogens is 1. The minimum Gasteiger partial charge on any atom is -0.354 e. The first-order valence-electron chi connectivity index (χ1n) is 7.37. The molecule has 1 atom stereocenters. The maximum Gasteiger partial charge on any atom is 0.0683 e. The van der Waals surface area contributed by atoms with Crippen LogP contribution in [0, 0.1) is 16.7 Å². The highest BCUT2D eigenvalue weighted by Crippen LogP contribution is 2.29. The van der Waals surface area contributed by atoms with Gasteiger partial charge in [0, 0.05) is 25.0 Å². The molecule has 0 amide bonds. The normalized spacial score (nSPS) is 18.9. The van der Waals surface area contributed by atoms with Crippen LogP contribution in [0.3, 0.4) is 0 Å². The van der Waals surface area contributed by atoms with Crippen molar-refractivity contribution in [2.75, 3.05) is 0 Å². The van der Waals surface area contributed by atoms with Crippen molar-refractivity contribution in [2.24, 2.45) is 11.1 Å². The van der Waals surface area contributed by atoms with Crippen LogP contribution in [-0.4, -0.2) is 4.57 Å². The first-order valence-corrected chi connectivity index (χ1v) is 7.37. The summed E-state index contributed by atoms with van der Waals surface area (Å²) < 4.78 is 2.29. The van der Waals surface area contributed by atoms with Gasteiger partial charge in [-0.15, -0.1) is 0 Å². The fourth-order valence-corrected chi connectivity index (χ4v) is 2.83. The van der Waals surface area contributed by atoms with Crippen molar-refractivity contribution in [3.05, 3.63) is 23.5 Å². The molecular formula is C16H25N3. The zero-order chi connectivity index (χ0) is 13.9. The lowest BCUT2D eigenvalue weighted by Crippen LogP contribution is -2.15. The summed E-state index contributed by atoms with van der Waals surface area (Å²) in [7, 11) is 0. The molecule has 104 valence electrons. The number of nitrogens with zero attached hydrogens (tertiary/aromatic N) is 2. The van der Waals surface area contributed by atoms with Crippen molar-refractivity contribution in [3.63, 3.8) is 0 Å². The number of hydrogen-bond acceptors (Lipinski definition) is 2. The fourth-order valence-electron chi connectivity index (χ4n) is 2.83. The topological polar surface area (TPSA) is 54.7 Å². The van der Waals surface area contributed by atoms with Crippen molar-refractivity contribution >= 4 is 0 Å². The van der Waals surface area contributed by atoms with E-state index in [2.05, 4.69) is 23.0 Å². The minimum atomic E-state index is -0.182. The molecule has 0 spiro atoms. The molecule has 0 saturated carbocycles. The van der Waals surface area contributed by atoms with Gasteiger partial charge in [0.2, 0.25) is 0 Å². The Morgan fingerprint density at radius 1 is 1.42 bits per heavy atom. The van der Waals surface area contributed by atoms with Gasteiger partial charge in [-0.2, -0.15) is 5.26 Å². The van der Waals surface area contributed by atoms with E-state index in [1.54, 1.807) is 0 Å². The molecule has 3 heteroatoms. The lowest BCUT2D eigenvalue weighted by molar-refractivity contribution is 0.417. The van der Waals surface area contributed by atoms with Crippen LogP contribution in [0.25, 0.3) is 0 Å². The van der Waals surface area contributed by atoms with Gasteiger partial charge in [-0.3, -0.25) is 0 Å². The van der Waals surface area contributed by atoms with Crippen LogP contribution >= 0.6 is 0 Å². The number of aryl methyl sites for hydroxylation is 2. The predicted octanol–water partition coefficient (Wildman–Crippen LogP) is 3.54. The fraction of sp³-hybridized carbons (Fsp3) is 0.688. The third-order valence-corrected chi connectivity index (χ3v) is 4.13. The Bertz CT molecular complexity index is 465. The first-order chi connectivity index (χ1) is 9.02. The Morgan fingerprint density at radius 3 is 2.89 bits per heavy atom. The summed E-state index contributed by atoms with van der Waals surface area (Å²) in [6, 6.07) is 2.60. The van der Waals surface area contributed by atoms with Gasteiger partial charge in [0.25, 0.3) is 0 Å². The van der Waals surface area contributed by atoms with Gasteiger partial charge >= 0.3 is 0 Å². The summed E-state index contributed by atoms with van der Waals surface area (Å²) in [6.07, 6.45) is 11.2. The Hall–Kier alpha value is -1.27. The molecule has 1 aromatic rings. The number of hydrogen-bond donors (Lipinski definition) is 1. The maximum atomic E-state index is 8.98. The second-order valence-electron chi connectivity index (χ2n) is 6.43. The molecule has 1 aromatic heterocycles. The average molecular weight is 259 g/mol. The maximum absolute atomic E-state index is 8.98. The second kappa shape index (κ2) is 5.79. The van der Waals surface area contributed by atoms with Gasteiger partial charge in [-0.1, -0.05) is 6.42 Å². The summed E-state index contributed by atoms with van der Waals surface area (Å²) in [6.45, 7) is 5.07. The Kier molecular flexibility index (Phi) is 4.31. The van der Waals surface area contributed by atoms with Gasteiger partial charge in [0.05, 0.1) is 11.5 Å². The SMILES string of the molecule is CC(C)(C#N)CCCCn1cc2c(c1)C(N)CCC2. The van der Waals surface area contributed by atoms with E-state index < -0.39 is 0 Å². The van der Waals surface area contributed by atoms with E-state index in [0.29, 0.717) is 0 Å². The lowest BCUT2D eigenvalue weighted by atomic mass is 9.89. The number of unbranched alkanes of at least 4 members (excludes halogenated alkanes) is 1. The molecule has 0 saturated heterocycles. The largest absolute Gasteiger partial charge is 0.354 e. The summed E-state index contributed by atoms with van der Waals surface area (Å²) in [5.41, 5.74) is 8.75. The van der Waals surface area contributed by atoms with Gasteiger partial charge in [-0.25, -0.2) is 0 Å². The smallest absolute Gasteiger partial charge is 0.0683 e.